The zero-order chi connectivity index (χ0) is 12.7. The van der Waals surface area contributed by atoms with Gasteiger partial charge in [-0.1, -0.05) is 12.2 Å². The van der Waals surface area contributed by atoms with Gasteiger partial charge >= 0.3 is 0 Å². The normalized spacial score (nSPS) is 10.0. The molecule has 17 heavy (non-hydrogen) atoms. The van der Waals surface area contributed by atoms with Crippen LogP contribution in [-0.2, 0) is 4.79 Å². The molecule has 0 atom stereocenters. The first-order valence-electron chi connectivity index (χ1n) is 5.37. The second-order valence-electron chi connectivity index (χ2n) is 3.79. The number of rotatable bonds is 6. The Morgan fingerprint density at radius 3 is 2.65 bits per heavy atom. The van der Waals surface area contributed by atoms with E-state index in [0.29, 0.717) is 18.7 Å². The number of thioether (sulfide) groups is 1. The number of nitrogens with one attached hydrogen (secondary N) is 1. The highest BCUT2D eigenvalue weighted by molar-refractivity contribution is 7.99. The van der Waals surface area contributed by atoms with E-state index < -0.39 is 0 Å². The lowest BCUT2D eigenvalue weighted by Crippen LogP contribution is -2.24. The zero-order valence-electron chi connectivity index (χ0n) is 9.83. The van der Waals surface area contributed by atoms with Gasteiger partial charge in [-0.15, -0.1) is 11.8 Å². The highest BCUT2D eigenvalue weighted by Crippen LogP contribution is 2.18. The van der Waals surface area contributed by atoms with Crippen molar-refractivity contribution in [1.29, 1.82) is 0 Å². The van der Waals surface area contributed by atoms with Crippen LogP contribution in [0.2, 0.25) is 0 Å². The van der Waals surface area contributed by atoms with E-state index in [-0.39, 0.29) is 11.7 Å². The fraction of sp³-hybridized carbons (Fsp3) is 0.308. The summed E-state index contributed by atoms with van der Waals surface area (Å²) in [4.78, 5) is 12.3. The van der Waals surface area contributed by atoms with Gasteiger partial charge in [0.25, 0.3) is 0 Å². The van der Waals surface area contributed by atoms with E-state index in [1.165, 1.54) is 12.1 Å². The molecule has 4 heteroatoms. The maximum absolute atomic E-state index is 12.6. The molecule has 1 aromatic rings. The van der Waals surface area contributed by atoms with Crippen LogP contribution in [0.5, 0.6) is 0 Å². The molecule has 0 saturated heterocycles. The molecule has 0 saturated carbocycles. The largest absolute Gasteiger partial charge is 0.352 e. The maximum Gasteiger partial charge on any atom is 0.221 e. The molecule has 0 unspecified atom stereocenters. The van der Waals surface area contributed by atoms with E-state index in [1.54, 1.807) is 23.9 Å². The fourth-order valence-corrected chi connectivity index (χ4v) is 1.98. The third-order valence-corrected chi connectivity index (χ3v) is 3.01. The van der Waals surface area contributed by atoms with Gasteiger partial charge in [-0.25, -0.2) is 4.39 Å². The molecular formula is C13H16FNOS. The van der Waals surface area contributed by atoms with Crippen LogP contribution in [0, 0.1) is 5.82 Å². The summed E-state index contributed by atoms with van der Waals surface area (Å²) in [6.45, 7) is 6.10. The van der Waals surface area contributed by atoms with E-state index in [4.69, 9.17) is 0 Å². The topological polar surface area (TPSA) is 29.1 Å². The van der Waals surface area contributed by atoms with Crippen molar-refractivity contribution < 1.29 is 9.18 Å². The van der Waals surface area contributed by atoms with Crippen LogP contribution in [0.15, 0.2) is 41.3 Å². The van der Waals surface area contributed by atoms with Gasteiger partial charge in [0.15, 0.2) is 0 Å². The SMILES string of the molecule is C=C(C)CNC(=O)CCSc1ccc(F)cc1. The summed E-state index contributed by atoms with van der Waals surface area (Å²) in [5.74, 6) is 0.462. The zero-order valence-corrected chi connectivity index (χ0v) is 10.6. The van der Waals surface area contributed by atoms with Crippen LogP contribution < -0.4 is 5.32 Å². The Labute approximate surface area is 105 Å². The van der Waals surface area contributed by atoms with Crippen molar-refractivity contribution in [3.8, 4) is 0 Å². The molecule has 92 valence electrons. The summed E-state index contributed by atoms with van der Waals surface area (Å²) >= 11 is 1.54. The Bertz CT molecular complexity index is 389. The summed E-state index contributed by atoms with van der Waals surface area (Å²) in [5.41, 5.74) is 0.935. The highest BCUT2D eigenvalue weighted by Gasteiger charge is 2.01. The number of carbonyl (C=O) groups excluding carboxylic acids is 1. The summed E-state index contributed by atoms with van der Waals surface area (Å²) in [5, 5.41) is 2.77. The average molecular weight is 253 g/mol. The van der Waals surface area contributed by atoms with E-state index in [9.17, 15) is 9.18 Å². The summed E-state index contributed by atoms with van der Waals surface area (Å²) < 4.78 is 12.6. The van der Waals surface area contributed by atoms with Crippen LogP contribution in [0.3, 0.4) is 0 Å². The molecule has 0 spiro atoms. The van der Waals surface area contributed by atoms with Crippen molar-refractivity contribution in [3.05, 3.63) is 42.2 Å². The molecule has 0 bridgehead atoms. The Morgan fingerprint density at radius 2 is 2.06 bits per heavy atom. The minimum absolute atomic E-state index is 0.0163. The van der Waals surface area contributed by atoms with E-state index in [1.807, 2.05) is 6.92 Å². The second-order valence-corrected chi connectivity index (χ2v) is 4.95. The van der Waals surface area contributed by atoms with Gasteiger partial charge in [-0.3, -0.25) is 4.79 Å². The van der Waals surface area contributed by atoms with Crippen molar-refractivity contribution >= 4 is 17.7 Å². The molecule has 0 heterocycles. The molecule has 0 aliphatic heterocycles. The maximum atomic E-state index is 12.6. The average Bonchev–Trinajstić information content (AvgIpc) is 2.29. The minimum Gasteiger partial charge on any atom is -0.352 e. The van der Waals surface area contributed by atoms with Gasteiger partial charge in [-0.2, -0.15) is 0 Å². The lowest BCUT2D eigenvalue weighted by Gasteiger charge is -2.04. The predicted molar refractivity (Wildman–Crippen MR) is 69.6 cm³/mol. The number of carbonyl (C=O) groups is 1. The van der Waals surface area contributed by atoms with E-state index in [2.05, 4.69) is 11.9 Å². The highest BCUT2D eigenvalue weighted by atomic mass is 32.2. The Morgan fingerprint density at radius 1 is 1.41 bits per heavy atom. The molecule has 0 fully saturated rings. The van der Waals surface area contributed by atoms with Crippen molar-refractivity contribution in [2.75, 3.05) is 12.3 Å². The lowest BCUT2D eigenvalue weighted by molar-refractivity contribution is -0.120. The number of amides is 1. The lowest BCUT2D eigenvalue weighted by atomic mass is 10.3. The molecule has 1 N–H and O–H groups in total. The van der Waals surface area contributed by atoms with Gasteiger partial charge in [0.2, 0.25) is 5.91 Å². The molecule has 1 aromatic carbocycles. The van der Waals surface area contributed by atoms with Crippen molar-refractivity contribution in [2.24, 2.45) is 0 Å². The van der Waals surface area contributed by atoms with Crippen molar-refractivity contribution in [3.63, 3.8) is 0 Å². The van der Waals surface area contributed by atoms with Gasteiger partial charge in [0.1, 0.15) is 5.82 Å². The molecule has 2 nitrogen and oxygen atoms in total. The summed E-state index contributed by atoms with van der Waals surface area (Å²) in [6.07, 6.45) is 0.454. The Hall–Kier alpha value is -1.29. The molecule has 1 rings (SSSR count). The number of hydrogen-bond acceptors (Lipinski definition) is 2. The van der Waals surface area contributed by atoms with Crippen LogP contribution in [0.25, 0.3) is 0 Å². The standard InChI is InChI=1S/C13H16FNOS/c1-10(2)9-15-13(16)7-8-17-12-5-3-11(14)4-6-12/h3-6H,1,7-9H2,2H3,(H,15,16). The van der Waals surface area contributed by atoms with Gasteiger partial charge < -0.3 is 5.32 Å². The molecule has 0 aromatic heterocycles. The first-order chi connectivity index (χ1) is 8.08. The third kappa shape index (κ3) is 6.12. The predicted octanol–water partition coefficient (Wildman–Crippen LogP) is 3.00. The number of benzene rings is 1. The molecule has 1 amide bonds. The summed E-state index contributed by atoms with van der Waals surface area (Å²) in [7, 11) is 0. The second kappa shape index (κ2) is 7.12. The number of halogens is 1. The van der Waals surface area contributed by atoms with Gasteiger partial charge in [0.05, 0.1) is 0 Å². The van der Waals surface area contributed by atoms with Crippen LogP contribution in [0.1, 0.15) is 13.3 Å². The van der Waals surface area contributed by atoms with Crippen LogP contribution in [0.4, 0.5) is 4.39 Å². The molecule has 0 radical (unpaired) electrons. The first-order valence-corrected chi connectivity index (χ1v) is 6.36. The Balaban J connectivity index is 2.21. The molecular weight excluding hydrogens is 237 g/mol. The van der Waals surface area contributed by atoms with Crippen LogP contribution >= 0.6 is 11.8 Å². The summed E-state index contributed by atoms with van der Waals surface area (Å²) in [6, 6.07) is 6.27. The monoisotopic (exact) mass is 253 g/mol. The van der Waals surface area contributed by atoms with E-state index >= 15 is 0 Å². The molecule has 0 aliphatic rings. The van der Waals surface area contributed by atoms with Crippen LogP contribution in [-0.4, -0.2) is 18.2 Å². The molecule has 0 aliphatic carbocycles. The fourth-order valence-electron chi connectivity index (χ4n) is 1.13. The van der Waals surface area contributed by atoms with Crippen molar-refractivity contribution in [2.45, 2.75) is 18.2 Å². The third-order valence-electron chi connectivity index (χ3n) is 2.00. The van der Waals surface area contributed by atoms with E-state index in [0.717, 1.165) is 10.5 Å². The van der Waals surface area contributed by atoms with Crippen molar-refractivity contribution in [1.82, 2.24) is 5.32 Å². The minimum atomic E-state index is -0.242. The quantitative estimate of drug-likeness (QED) is 0.623. The van der Waals surface area contributed by atoms with Gasteiger partial charge in [0, 0.05) is 23.6 Å². The smallest absolute Gasteiger partial charge is 0.221 e. The Kier molecular flexibility index (Phi) is 5.77. The van der Waals surface area contributed by atoms with Gasteiger partial charge in [-0.05, 0) is 31.2 Å². The number of hydrogen-bond donors (Lipinski definition) is 1. The first kappa shape index (κ1) is 13.8.